The minimum Gasteiger partial charge on any atom is -0.392 e. The second-order valence-electron chi connectivity index (χ2n) is 4.94. The lowest BCUT2D eigenvalue weighted by atomic mass is 10.00. The Kier molecular flexibility index (Phi) is 6.22. The Labute approximate surface area is 93.6 Å². The number of hydrogen-bond donors (Lipinski definition) is 2. The Hall–Kier alpha value is -0.120. The van der Waals surface area contributed by atoms with Crippen LogP contribution in [0.1, 0.15) is 38.5 Å². The Morgan fingerprint density at radius 2 is 2.07 bits per heavy atom. The summed E-state index contributed by atoms with van der Waals surface area (Å²) in [7, 11) is 2.06. The van der Waals surface area contributed by atoms with Crippen molar-refractivity contribution in [3.63, 3.8) is 0 Å². The fourth-order valence-electron chi connectivity index (χ4n) is 2.52. The average molecular weight is 214 g/mol. The summed E-state index contributed by atoms with van der Waals surface area (Å²) >= 11 is 0. The molecule has 1 fully saturated rings. The smallest absolute Gasteiger partial charge is 0.0669 e. The second kappa shape index (κ2) is 7.20. The molecule has 3 N–H and O–H groups in total. The molecule has 15 heavy (non-hydrogen) atoms. The Morgan fingerprint density at radius 1 is 1.40 bits per heavy atom. The normalized spacial score (nSPS) is 20.0. The van der Waals surface area contributed by atoms with Crippen molar-refractivity contribution in [3.05, 3.63) is 0 Å². The molecule has 0 spiro atoms. The lowest BCUT2D eigenvalue weighted by molar-refractivity contribution is 0.102. The molecule has 1 rings (SSSR count). The van der Waals surface area contributed by atoms with Gasteiger partial charge in [-0.05, 0) is 38.9 Å². The molecule has 0 aromatic carbocycles. The monoisotopic (exact) mass is 214 g/mol. The van der Waals surface area contributed by atoms with Gasteiger partial charge < -0.3 is 15.7 Å². The van der Waals surface area contributed by atoms with Gasteiger partial charge in [-0.15, -0.1) is 0 Å². The number of nitrogens with two attached hydrogens (primary N) is 1. The minimum atomic E-state index is -0.143. The zero-order chi connectivity index (χ0) is 11.1. The summed E-state index contributed by atoms with van der Waals surface area (Å²) in [5, 5.41) is 9.91. The number of hydrogen-bond acceptors (Lipinski definition) is 3. The fraction of sp³-hybridized carbons (Fsp3) is 1.00. The molecule has 0 amide bonds. The van der Waals surface area contributed by atoms with E-state index in [0.717, 1.165) is 38.4 Å². The number of aliphatic hydroxyl groups excluding tert-OH is 1. The van der Waals surface area contributed by atoms with Gasteiger partial charge in [0.15, 0.2) is 0 Å². The van der Waals surface area contributed by atoms with Crippen molar-refractivity contribution in [1.82, 2.24) is 4.90 Å². The fourth-order valence-corrected chi connectivity index (χ4v) is 2.52. The van der Waals surface area contributed by atoms with E-state index >= 15 is 0 Å². The zero-order valence-corrected chi connectivity index (χ0v) is 9.99. The molecular formula is C12H26N2O. The van der Waals surface area contributed by atoms with Crippen molar-refractivity contribution in [3.8, 4) is 0 Å². The maximum atomic E-state index is 9.91. The summed E-state index contributed by atoms with van der Waals surface area (Å²) in [6.07, 6.45) is 7.24. The van der Waals surface area contributed by atoms with Gasteiger partial charge in [-0.25, -0.2) is 0 Å². The van der Waals surface area contributed by atoms with E-state index in [-0.39, 0.29) is 6.10 Å². The molecule has 0 radical (unpaired) electrons. The SMILES string of the molecule is CN(CCCN)CC(O)CC1CCCC1. The number of aliphatic hydroxyl groups is 1. The molecule has 0 aromatic heterocycles. The molecule has 1 aliphatic rings. The van der Waals surface area contributed by atoms with Crippen LogP contribution in [0.2, 0.25) is 0 Å². The van der Waals surface area contributed by atoms with Gasteiger partial charge in [0.25, 0.3) is 0 Å². The Balaban J connectivity index is 2.08. The van der Waals surface area contributed by atoms with Crippen molar-refractivity contribution in [2.45, 2.75) is 44.6 Å². The summed E-state index contributed by atoms with van der Waals surface area (Å²) in [6, 6.07) is 0. The van der Waals surface area contributed by atoms with Crippen LogP contribution in [0, 0.1) is 5.92 Å². The van der Waals surface area contributed by atoms with Gasteiger partial charge in [-0.1, -0.05) is 25.7 Å². The molecule has 3 heteroatoms. The first-order chi connectivity index (χ1) is 7.22. The molecule has 1 aliphatic carbocycles. The largest absolute Gasteiger partial charge is 0.392 e. The first-order valence-corrected chi connectivity index (χ1v) is 6.29. The predicted molar refractivity (Wildman–Crippen MR) is 63.8 cm³/mol. The first-order valence-electron chi connectivity index (χ1n) is 6.29. The molecule has 0 bridgehead atoms. The number of likely N-dealkylation sites (N-methyl/N-ethyl adjacent to an activating group) is 1. The van der Waals surface area contributed by atoms with Crippen LogP contribution < -0.4 is 5.73 Å². The number of nitrogens with zero attached hydrogens (tertiary/aromatic N) is 1. The topological polar surface area (TPSA) is 49.5 Å². The van der Waals surface area contributed by atoms with Crippen LogP contribution in [-0.4, -0.2) is 42.8 Å². The van der Waals surface area contributed by atoms with Crippen LogP contribution in [0.4, 0.5) is 0 Å². The highest BCUT2D eigenvalue weighted by Gasteiger charge is 2.19. The zero-order valence-electron chi connectivity index (χ0n) is 9.99. The lowest BCUT2D eigenvalue weighted by Crippen LogP contribution is -2.31. The van der Waals surface area contributed by atoms with E-state index in [1.54, 1.807) is 0 Å². The van der Waals surface area contributed by atoms with E-state index in [2.05, 4.69) is 11.9 Å². The Bertz CT molecular complexity index is 158. The van der Waals surface area contributed by atoms with Crippen molar-refractivity contribution in [2.24, 2.45) is 11.7 Å². The van der Waals surface area contributed by atoms with Gasteiger partial charge in [0.2, 0.25) is 0 Å². The molecule has 90 valence electrons. The van der Waals surface area contributed by atoms with Crippen molar-refractivity contribution in [2.75, 3.05) is 26.7 Å². The van der Waals surface area contributed by atoms with Crippen LogP contribution in [0.25, 0.3) is 0 Å². The minimum absolute atomic E-state index is 0.143. The molecule has 3 nitrogen and oxygen atoms in total. The van der Waals surface area contributed by atoms with Crippen LogP contribution in [0.15, 0.2) is 0 Å². The van der Waals surface area contributed by atoms with Gasteiger partial charge in [-0.2, -0.15) is 0 Å². The Morgan fingerprint density at radius 3 is 2.67 bits per heavy atom. The standard InChI is InChI=1S/C12H26N2O/c1-14(8-4-7-13)10-12(15)9-11-5-2-3-6-11/h11-12,15H,2-10,13H2,1H3. The lowest BCUT2D eigenvalue weighted by Gasteiger charge is -2.22. The highest BCUT2D eigenvalue weighted by Crippen LogP contribution is 2.28. The van der Waals surface area contributed by atoms with E-state index in [9.17, 15) is 5.11 Å². The summed E-state index contributed by atoms with van der Waals surface area (Å²) in [4.78, 5) is 2.19. The van der Waals surface area contributed by atoms with Gasteiger partial charge in [0.05, 0.1) is 6.10 Å². The molecule has 0 saturated heterocycles. The van der Waals surface area contributed by atoms with Crippen LogP contribution in [0.3, 0.4) is 0 Å². The number of rotatable bonds is 7. The van der Waals surface area contributed by atoms with Crippen molar-refractivity contribution < 1.29 is 5.11 Å². The van der Waals surface area contributed by atoms with Gasteiger partial charge >= 0.3 is 0 Å². The molecule has 0 aromatic rings. The van der Waals surface area contributed by atoms with Gasteiger partial charge in [-0.3, -0.25) is 0 Å². The van der Waals surface area contributed by atoms with E-state index in [1.165, 1.54) is 25.7 Å². The summed E-state index contributed by atoms with van der Waals surface area (Å²) in [5.74, 6) is 0.780. The van der Waals surface area contributed by atoms with Crippen molar-refractivity contribution >= 4 is 0 Å². The predicted octanol–water partition coefficient (Wildman–Crippen LogP) is 1.21. The summed E-state index contributed by atoms with van der Waals surface area (Å²) in [6.45, 7) is 2.54. The van der Waals surface area contributed by atoms with E-state index in [4.69, 9.17) is 5.73 Å². The third-order valence-electron chi connectivity index (χ3n) is 3.35. The molecular weight excluding hydrogens is 188 g/mol. The highest BCUT2D eigenvalue weighted by molar-refractivity contribution is 4.72. The maximum Gasteiger partial charge on any atom is 0.0669 e. The second-order valence-corrected chi connectivity index (χ2v) is 4.94. The van der Waals surface area contributed by atoms with Gasteiger partial charge in [0, 0.05) is 6.54 Å². The molecule has 1 unspecified atom stereocenters. The first kappa shape index (κ1) is 12.9. The molecule has 1 saturated carbocycles. The van der Waals surface area contributed by atoms with Crippen molar-refractivity contribution in [1.29, 1.82) is 0 Å². The molecule has 0 aliphatic heterocycles. The molecule has 1 atom stereocenters. The van der Waals surface area contributed by atoms with E-state index < -0.39 is 0 Å². The third kappa shape index (κ3) is 5.50. The van der Waals surface area contributed by atoms with Crippen LogP contribution in [0.5, 0.6) is 0 Å². The maximum absolute atomic E-state index is 9.91. The molecule has 0 heterocycles. The third-order valence-corrected chi connectivity index (χ3v) is 3.35. The van der Waals surface area contributed by atoms with Crippen LogP contribution in [-0.2, 0) is 0 Å². The quantitative estimate of drug-likeness (QED) is 0.669. The van der Waals surface area contributed by atoms with Gasteiger partial charge in [0.1, 0.15) is 0 Å². The van der Waals surface area contributed by atoms with E-state index in [0.29, 0.717) is 0 Å². The summed E-state index contributed by atoms with van der Waals surface area (Å²) in [5.41, 5.74) is 5.45. The summed E-state index contributed by atoms with van der Waals surface area (Å²) < 4.78 is 0. The highest BCUT2D eigenvalue weighted by atomic mass is 16.3. The van der Waals surface area contributed by atoms with E-state index in [1.807, 2.05) is 0 Å². The van der Waals surface area contributed by atoms with Crippen LogP contribution >= 0.6 is 0 Å². The average Bonchev–Trinajstić information content (AvgIpc) is 2.67.